The molecule has 0 saturated carbocycles. The molecule has 0 atom stereocenters. The van der Waals surface area contributed by atoms with Crippen molar-refractivity contribution in [2.45, 2.75) is 19.9 Å². The number of carbonyl (C=O) groups excluding carboxylic acids is 1. The van der Waals surface area contributed by atoms with Gasteiger partial charge in [0, 0.05) is 12.1 Å². The third-order valence-corrected chi connectivity index (χ3v) is 5.91. The number of thiophene rings is 1. The predicted molar refractivity (Wildman–Crippen MR) is 105 cm³/mol. The Hall–Kier alpha value is -2.12. The van der Waals surface area contributed by atoms with Crippen LogP contribution in [0.4, 0.5) is 0 Å². The number of halogens is 1. The lowest BCUT2D eigenvalue weighted by atomic mass is 9.96. The molecule has 1 aliphatic rings. The van der Waals surface area contributed by atoms with Gasteiger partial charge in [-0.3, -0.25) is 0 Å². The van der Waals surface area contributed by atoms with Crippen LogP contribution in [0.25, 0.3) is 21.8 Å². The molecule has 4 rings (SSSR count). The van der Waals surface area contributed by atoms with Crippen molar-refractivity contribution < 1.29 is 14.3 Å². The number of aromatic nitrogens is 2. The maximum atomic E-state index is 12.4. The molecule has 3 heterocycles. The molecule has 0 N–H and O–H groups in total. The Morgan fingerprint density at radius 2 is 2.27 bits per heavy atom. The first kappa shape index (κ1) is 17.3. The Balaban J connectivity index is 1.96. The van der Waals surface area contributed by atoms with Gasteiger partial charge >= 0.3 is 5.97 Å². The van der Waals surface area contributed by atoms with Crippen LogP contribution in [-0.2, 0) is 17.7 Å². The summed E-state index contributed by atoms with van der Waals surface area (Å²) in [4.78, 5) is 18.2. The molecule has 0 saturated heterocycles. The molecule has 0 aliphatic carbocycles. The second kappa shape index (κ2) is 6.89. The number of fused-ring (bicyclic) bond motifs is 3. The smallest absolute Gasteiger partial charge is 0.374 e. The summed E-state index contributed by atoms with van der Waals surface area (Å²) >= 11 is 5.19. The van der Waals surface area contributed by atoms with Crippen LogP contribution in [0.1, 0.15) is 23.1 Å². The van der Waals surface area contributed by atoms with Gasteiger partial charge in [0.1, 0.15) is 11.4 Å². The fourth-order valence-electron chi connectivity index (χ4n) is 3.29. The molecule has 7 heteroatoms. The van der Waals surface area contributed by atoms with Crippen molar-refractivity contribution in [3.05, 3.63) is 45.5 Å². The van der Waals surface area contributed by atoms with E-state index in [-0.39, 0.29) is 5.97 Å². The van der Waals surface area contributed by atoms with Crippen LogP contribution in [-0.4, -0.2) is 29.2 Å². The number of carbonyl (C=O) groups is 1. The van der Waals surface area contributed by atoms with Crippen LogP contribution < -0.4 is 4.74 Å². The molecule has 3 aromatic rings. The number of methoxy groups -OCH3 is 1. The zero-order valence-electron chi connectivity index (χ0n) is 14.4. The van der Waals surface area contributed by atoms with Gasteiger partial charge in [-0.25, -0.2) is 9.78 Å². The molecule has 0 unspecified atom stereocenters. The van der Waals surface area contributed by atoms with Crippen LogP contribution in [0.5, 0.6) is 5.75 Å². The van der Waals surface area contributed by atoms with Crippen molar-refractivity contribution in [2.24, 2.45) is 0 Å². The zero-order valence-corrected chi connectivity index (χ0v) is 16.8. The molecule has 0 amide bonds. The van der Waals surface area contributed by atoms with E-state index in [4.69, 9.17) is 9.47 Å². The van der Waals surface area contributed by atoms with Gasteiger partial charge < -0.3 is 14.0 Å². The van der Waals surface area contributed by atoms with Crippen LogP contribution >= 0.6 is 27.3 Å². The summed E-state index contributed by atoms with van der Waals surface area (Å²) in [5, 5.41) is 2.01. The van der Waals surface area contributed by atoms with E-state index in [1.54, 1.807) is 25.4 Å². The molecule has 1 aliphatic heterocycles. The quantitative estimate of drug-likeness (QED) is 0.556. The SMILES string of the molecule is CCOC(=O)c1nc(-c2cccs2)c2n1CCc1cc(OC)c(Br)cc1-2. The van der Waals surface area contributed by atoms with Crippen LogP contribution in [0.3, 0.4) is 0 Å². The third-order valence-electron chi connectivity index (χ3n) is 4.42. The van der Waals surface area contributed by atoms with E-state index in [0.29, 0.717) is 19.0 Å². The Bertz CT molecular complexity index is 979. The standard InChI is InChI=1S/C19H17BrN2O3S/c1-3-25-19(23)18-21-16(15-5-4-8-26-15)17-12-10-13(20)14(24-2)9-11(12)6-7-22(17)18/h4-5,8-10H,3,6-7H2,1-2H3. The highest BCUT2D eigenvalue weighted by molar-refractivity contribution is 9.10. The average Bonchev–Trinajstić information content (AvgIpc) is 3.28. The van der Waals surface area contributed by atoms with Gasteiger partial charge in [0.25, 0.3) is 0 Å². The van der Waals surface area contributed by atoms with Crippen molar-refractivity contribution in [3.63, 3.8) is 0 Å². The Morgan fingerprint density at radius 3 is 2.96 bits per heavy atom. The van der Waals surface area contributed by atoms with Gasteiger partial charge in [-0.15, -0.1) is 11.3 Å². The summed E-state index contributed by atoms with van der Waals surface area (Å²) in [6.45, 7) is 2.81. The van der Waals surface area contributed by atoms with Gasteiger partial charge in [-0.1, -0.05) is 6.07 Å². The molecular formula is C19H17BrN2O3S. The Labute approximate surface area is 163 Å². The minimum Gasteiger partial charge on any atom is -0.496 e. The largest absolute Gasteiger partial charge is 0.496 e. The van der Waals surface area contributed by atoms with E-state index < -0.39 is 0 Å². The summed E-state index contributed by atoms with van der Waals surface area (Å²) in [5.74, 6) is 0.787. The van der Waals surface area contributed by atoms with Crippen molar-refractivity contribution >= 4 is 33.2 Å². The molecule has 134 valence electrons. The first-order chi connectivity index (χ1) is 12.6. The summed E-state index contributed by atoms with van der Waals surface area (Å²) in [6.07, 6.45) is 0.804. The number of hydrogen-bond donors (Lipinski definition) is 0. The number of ether oxygens (including phenoxy) is 2. The van der Waals surface area contributed by atoms with Gasteiger partial charge in [0.05, 0.1) is 28.8 Å². The molecule has 1 aromatic carbocycles. The first-order valence-corrected chi connectivity index (χ1v) is 9.99. The topological polar surface area (TPSA) is 53.3 Å². The number of nitrogens with zero attached hydrogens (tertiary/aromatic N) is 2. The number of hydrogen-bond acceptors (Lipinski definition) is 5. The zero-order chi connectivity index (χ0) is 18.3. The van der Waals surface area contributed by atoms with Gasteiger partial charge in [0.2, 0.25) is 5.82 Å². The van der Waals surface area contributed by atoms with E-state index in [1.165, 1.54) is 5.56 Å². The highest BCUT2D eigenvalue weighted by atomic mass is 79.9. The van der Waals surface area contributed by atoms with Crippen LogP contribution in [0.2, 0.25) is 0 Å². The number of imidazole rings is 1. The maximum absolute atomic E-state index is 12.4. The van der Waals surface area contributed by atoms with E-state index in [2.05, 4.69) is 27.0 Å². The minimum atomic E-state index is -0.382. The summed E-state index contributed by atoms with van der Waals surface area (Å²) < 4.78 is 13.5. The minimum absolute atomic E-state index is 0.328. The maximum Gasteiger partial charge on any atom is 0.374 e. The number of benzene rings is 1. The first-order valence-electron chi connectivity index (χ1n) is 8.32. The van der Waals surface area contributed by atoms with Crippen molar-refractivity contribution in [1.29, 1.82) is 0 Å². The highest BCUT2D eigenvalue weighted by Gasteiger charge is 2.29. The third kappa shape index (κ3) is 2.75. The molecule has 0 bridgehead atoms. The van der Waals surface area contributed by atoms with Crippen molar-refractivity contribution in [2.75, 3.05) is 13.7 Å². The normalized spacial score (nSPS) is 12.4. The lowest BCUT2D eigenvalue weighted by molar-refractivity contribution is 0.0506. The molecule has 0 fully saturated rings. The molecule has 2 aromatic heterocycles. The van der Waals surface area contributed by atoms with E-state index >= 15 is 0 Å². The molecule has 26 heavy (non-hydrogen) atoms. The number of esters is 1. The second-order valence-electron chi connectivity index (χ2n) is 5.88. The number of aryl methyl sites for hydroxylation is 1. The summed E-state index contributed by atoms with van der Waals surface area (Å²) in [5.41, 5.74) is 4.03. The Morgan fingerprint density at radius 1 is 1.42 bits per heavy atom. The van der Waals surface area contributed by atoms with E-state index in [0.717, 1.165) is 38.5 Å². The fourth-order valence-corrected chi connectivity index (χ4v) is 4.51. The van der Waals surface area contributed by atoms with Crippen molar-refractivity contribution in [3.8, 4) is 27.6 Å². The second-order valence-corrected chi connectivity index (χ2v) is 7.68. The summed E-state index contributed by atoms with van der Waals surface area (Å²) in [6, 6.07) is 8.12. The van der Waals surface area contributed by atoms with E-state index in [1.807, 2.05) is 28.1 Å². The van der Waals surface area contributed by atoms with Crippen LogP contribution in [0.15, 0.2) is 34.1 Å². The molecule has 5 nitrogen and oxygen atoms in total. The predicted octanol–water partition coefficient (Wildman–Crippen LogP) is 4.78. The monoisotopic (exact) mass is 432 g/mol. The van der Waals surface area contributed by atoms with Gasteiger partial charge in [-0.2, -0.15) is 0 Å². The molecule has 0 spiro atoms. The average molecular weight is 433 g/mol. The van der Waals surface area contributed by atoms with Gasteiger partial charge in [-0.05, 0) is 58.4 Å². The number of rotatable bonds is 4. The molecular weight excluding hydrogens is 416 g/mol. The highest BCUT2D eigenvalue weighted by Crippen LogP contribution is 2.42. The lowest BCUT2D eigenvalue weighted by Gasteiger charge is -2.22. The van der Waals surface area contributed by atoms with Crippen LogP contribution in [0, 0.1) is 0 Å². The van der Waals surface area contributed by atoms with E-state index in [9.17, 15) is 4.79 Å². The Kier molecular flexibility index (Phi) is 4.58. The fraction of sp³-hybridized carbons (Fsp3) is 0.263. The lowest BCUT2D eigenvalue weighted by Crippen LogP contribution is -2.18. The molecule has 0 radical (unpaired) electrons. The van der Waals surface area contributed by atoms with Crippen molar-refractivity contribution in [1.82, 2.24) is 9.55 Å². The summed E-state index contributed by atoms with van der Waals surface area (Å²) in [7, 11) is 1.66. The van der Waals surface area contributed by atoms with Gasteiger partial charge in [0.15, 0.2) is 0 Å².